The molecule has 22 heavy (non-hydrogen) atoms. The maximum Gasteiger partial charge on any atom is 0.254 e. The fraction of sp³-hybridized carbons (Fsp3) is 0.188. The Bertz CT molecular complexity index is 770. The van der Waals surface area contributed by atoms with Gasteiger partial charge in [-0.1, -0.05) is 24.3 Å². The van der Waals surface area contributed by atoms with E-state index >= 15 is 0 Å². The number of halogens is 1. The van der Waals surface area contributed by atoms with Gasteiger partial charge in [0.15, 0.2) is 9.84 Å². The van der Waals surface area contributed by atoms with E-state index in [2.05, 4.69) is 5.32 Å². The van der Waals surface area contributed by atoms with E-state index in [1.165, 1.54) is 30.3 Å². The molecular formula is C16H16FNO3S. The van der Waals surface area contributed by atoms with Crippen LogP contribution in [0.2, 0.25) is 0 Å². The van der Waals surface area contributed by atoms with Gasteiger partial charge in [0.1, 0.15) is 5.82 Å². The summed E-state index contributed by atoms with van der Waals surface area (Å²) in [4.78, 5) is 12.1. The molecule has 116 valence electrons. The van der Waals surface area contributed by atoms with Crippen molar-refractivity contribution in [3.05, 3.63) is 65.5 Å². The lowest BCUT2D eigenvalue weighted by Crippen LogP contribution is -2.26. The minimum Gasteiger partial charge on any atom is -0.352 e. The first-order chi connectivity index (χ1) is 10.4. The van der Waals surface area contributed by atoms with E-state index in [-0.39, 0.29) is 10.5 Å². The Balaban J connectivity index is 1.92. The molecule has 2 aromatic carbocycles. The molecule has 2 rings (SSSR count). The number of carbonyl (C=O) groups is 1. The lowest BCUT2D eigenvalue weighted by Gasteiger charge is -2.07. The number of sulfone groups is 1. The molecule has 0 bridgehead atoms. The number of hydrogen-bond acceptors (Lipinski definition) is 3. The van der Waals surface area contributed by atoms with Crippen molar-refractivity contribution in [1.82, 2.24) is 5.32 Å². The van der Waals surface area contributed by atoms with Crippen LogP contribution in [0.25, 0.3) is 0 Å². The van der Waals surface area contributed by atoms with Crippen molar-refractivity contribution >= 4 is 15.7 Å². The molecule has 4 nitrogen and oxygen atoms in total. The Kier molecular flexibility index (Phi) is 4.92. The molecule has 1 N–H and O–H groups in total. The number of rotatable bonds is 5. The van der Waals surface area contributed by atoms with Crippen molar-refractivity contribution in [1.29, 1.82) is 0 Å². The van der Waals surface area contributed by atoms with Gasteiger partial charge in [-0.3, -0.25) is 4.79 Å². The maximum atomic E-state index is 13.4. The molecule has 1 amide bonds. The molecular weight excluding hydrogens is 305 g/mol. The number of hydrogen-bond donors (Lipinski definition) is 1. The van der Waals surface area contributed by atoms with Crippen LogP contribution >= 0.6 is 0 Å². The summed E-state index contributed by atoms with van der Waals surface area (Å²) in [5.74, 6) is -1.02. The summed E-state index contributed by atoms with van der Waals surface area (Å²) < 4.78 is 36.1. The first-order valence-electron chi connectivity index (χ1n) is 6.69. The van der Waals surface area contributed by atoms with Gasteiger partial charge in [-0.15, -0.1) is 0 Å². The second-order valence-electron chi connectivity index (χ2n) is 4.90. The Morgan fingerprint density at radius 3 is 2.32 bits per heavy atom. The van der Waals surface area contributed by atoms with Gasteiger partial charge in [0, 0.05) is 12.8 Å². The molecule has 0 unspecified atom stereocenters. The molecule has 0 saturated carbocycles. The van der Waals surface area contributed by atoms with Gasteiger partial charge in [-0.05, 0) is 36.2 Å². The molecule has 0 aromatic heterocycles. The fourth-order valence-corrected chi connectivity index (χ4v) is 2.59. The van der Waals surface area contributed by atoms with Gasteiger partial charge in [0.25, 0.3) is 5.91 Å². The molecule has 6 heteroatoms. The van der Waals surface area contributed by atoms with Crippen LogP contribution in [0, 0.1) is 5.82 Å². The molecule has 0 atom stereocenters. The Hall–Kier alpha value is -2.21. The van der Waals surface area contributed by atoms with E-state index in [9.17, 15) is 17.6 Å². The third-order valence-corrected chi connectivity index (χ3v) is 4.30. The number of amides is 1. The number of nitrogens with one attached hydrogen (secondary N) is 1. The highest BCUT2D eigenvalue weighted by molar-refractivity contribution is 7.90. The number of benzene rings is 2. The monoisotopic (exact) mass is 321 g/mol. The van der Waals surface area contributed by atoms with E-state index in [1.807, 2.05) is 0 Å². The molecule has 0 fully saturated rings. The molecule has 0 aliphatic rings. The SMILES string of the molecule is CS(=O)(=O)c1ccc(CCNC(=O)c2ccccc2F)cc1. The van der Waals surface area contributed by atoms with Crippen molar-refractivity contribution in [2.24, 2.45) is 0 Å². The average Bonchev–Trinajstić information content (AvgIpc) is 2.47. The summed E-state index contributed by atoms with van der Waals surface area (Å²) in [6.45, 7) is 0.339. The maximum absolute atomic E-state index is 13.4. The van der Waals surface area contributed by atoms with E-state index in [4.69, 9.17) is 0 Å². The zero-order valence-electron chi connectivity index (χ0n) is 12.0. The predicted octanol–water partition coefficient (Wildman–Crippen LogP) is 2.20. The van der Waals surface area contributed by atoms with E-state index in [1.54, 1.807) is 18.2 Å². The lowest BCUT2D eigenvalue weighted by molar-refractivity contribution is 0.0950. The fourth-order valence-electron chi connectivity index (χ4n) is 1.96. The Labute approximate surface area is 128 Å². The van der Waals surface area contributed by atoms with Gasteiger partial charge >= 0.3 is 0 Å². The van der Waals surface area contributed by atoms with Crippen LogP contribution in [0.5, 0.6) is 0 Å². The second-order valence-corrected chi connectivity index (χ2v) is 6.92. The highest BCUT2D eigenvalue weighted by Crippen LogP contribution is 2.11. The van der Waals surface area contributed by atoms with E-state index in [0.717, 1.165) is 11.8 Å². The van der Waals surface area contributed by atoms with Crippen molar-refractivity contribution in [3.63, 3.8) is 0 Å². The summed E-state index contributed by atoms with van der Waals surface area (Å²) in [5.41, 5.74) is 0.899. The van der Waals surface area contributed by atoms with Gasteiger partial charge in [0.05, 0.1) is 10.5 Å². The largest absolute Gasteiger partial charge is 0.352 e. The molecule has 0 aliphatic carbocycles. The summed E-state index contributed by atoms with van der Waals surface area (Å²) in [6.07, 6.45) is 1.68. The van der Waals surface area contributed by atoms with Gasteiger partial charge < -0.3 is 5.32 Å². The van der Waals surface area contributed by atoms with E-state index in [0.29, 0.717) is 13.0 Å². The zero-order valence-corrected chi connectivity index (χ0v) is 12.9. The minimum absolute atomic E-state index is 0.00919. The molecule has 0 saturated heterocycles. The Morgan fingerprint density at radius 1 is 1.09 bits per heavy atom. The smallest absolute Gasteiger partial charge is 0.254 e. The molecule has 0 aliphatic heterocycles. The van der Waals surface area contributed by atoms with Crippen molar-refractivity contribution in [2.45, 2.75) is 11.3 Å². The topological polar surface area (TPSA) is 63.2 Å². The second kappa shape index (κ2) is 6.70. The van der Waals surface area contributed by atoms with Crippen molar-refractivity contribution in [2.75, 3.05) is 12.8 Å². The molecule has 0 spiro atoms. The Morgan fingerprint density at radius 2 is 1.73 bits per heavy atom. The van der Waals surface area contributed by atoms with Crippen LogP contribution in [-0.2, 0) is 16.3 Å². The van der Waals surface area contributed by atoms with Crippen molar-refractivity contribution in [3.8, 4) is 0 Å². The summed E-state index contributed by atoms with van der Waals surface area (Å²) >= 11 is 0. The lowest BCUT2D eigenvalue weighted by atomic mass is 10.1. The molecule has 2 aromatic rings. The van der Waals surface area contributed by atoms with Gasteiger partial charge in [0.2, 0.25) is 0 Å². The summed E-state index contributed by atoms with van der Waals surface area (Å²) in [6, 6.07) is 12.2. The zero-order chi connectivity index (χ0) is 16.2. The summed E-state index contributed by atoms with van der Waals surface area (Å²) in [5, 5.41) is 2.64. The normalized spacial score (nSPS) is 11.2. The third-order valence-electron chi connectivity index (χ3n) is 3.17. The predicted molar refractivity (Wildman–Crippen MR) is 82.0 cm³/mol. The van der Waals surface area contributed by atoms with E-state index < -0.39 is 21.6 Å². The van der Waals surface area contributed by atoms with Gasteiger partial charge in [-0.2, -0.15) is 0 Å². The summed E-state index contributed by atoms with van der Waals surface area (Å²) in [7, 11) is -3.21. The van der Waals surface area contributed by atoms with Crippen LogP contribution < -0.4 is 5.32 Å². The minimum atomic E-state index is -3.21. The number of carbonyl (C=O) groups excluding carboxylic acids is 1. The van der Waals surface area contributed by atoms with Crippen LogP contribution in [-0.4, -0.2) is 27.1 Å². The first-order valence-corrected chi connectivity index (χ1v) is 8.59. The third kappa shape index (κ3) is 4.14. The van der Waals surface area contributed by atoms with Crippen LogP contribution in [0.1, 0.15) is 15.9 Å². The first kappa shape index (κ1) is 16.2. The van der Waals surface area contributed by atoms with Crippen LogP contribution in [0.3, 0.4) is 0 Å². The van der Waals surface area contributed by atoms with Gasteiger partial charge in [-0.25, -0.2) is 12.8 Å². The van der Waals surface area contributed by atoms with Crippen molar-refractivity contribution < 1.29 is 17.6 Å². The quantitative estimate of drug-likeness (QED) is 0.918. The van der Waals surface area contributed by atoms with Crippen LogP contribution in [0.4, 0.5) is 4.39 Å². The van der Waals surface area contributed by atoms with Crippen LogP contribution in [0.15, 0.2) is 53.4 Å². The highest BCUT2D eigenvalue weighted by Gasteiger charge is 2.10. The highest BCUT2D eigenvalue weighted by atomic mass is 32.2. The molecule has 0 radical (unpaired) electrons. The average molecular weight is 321 g/mol. The standard InChI is InChI=1S/C16H16FNO3S/c1-22(20,21)13-8-6-12(7-9-13)10-11-18-16(19)14-4-2-3-5-15(14)17/h2-9H,10-11H2,1H3,(H,18,19). The molecule has 0 heterocycles.